The van der Waals surface area contributed by atoms with Crippen LogP contribution in [0.5, 0.6) is 11.5 Å². The third kappa shape index (κ3) is 4.50. The van der Waals surface area contributed by atoms with Gasteiger partial charge in [-0.25, -0.2) is 0 Å². The van der Waals surface area contributed by atoms with E-state index in [2.05, 4.69) is 19.7 Å². The topological polar surface area (TPSA) is 48.1 Å². The van der Waals surface area contributed by atoms with Gasteiger partial charge in [0, 0.05) is 18.7 Å². The van der Waals surface area contributed by atoms with Gasteiger partial charge in [-0.2, -0.15) is 22.7 Å². The number of halogens is 4. The zero-order chi connectivity index (χ0) is 20.3. The van der Waals surface area contributed by atoms with Crippen molar-refractivity contribution in [2.45, 2.75) is 20.1 Å². The Morgan fingerprint density at radius 2 is 1.75 bits per heavy atom. The maximum Gasteiger partial charge on any atom is 0.387 e. The molecule has 0 spiro atoms. The molecule has 0 aliphatic carbocycles. The summed E-state index contributed by atoms with van der Waals surface area (Å²) < 4.78 is 61.7. The van der Waals surface area contributed by atoms with Gasteiger partial charge in [0.2, 0.25) is 4.80 Å². The number of ether oxygens (including phenoxy) is 2. The fourth-order valence-corrected chi connectivity index (χ4v) is 3.49. The Balaban J connectivity index is 1.99. The van der Waals surface area contributed by atoms with Gasteiger partial charge in [0.05, 0.1) is 15.9 Å². The second kappa shape index (κ2) is 8.42. The maximum absolute atomic E-state index is 12.7. The van der Waals surface area contributed by atoms with Gasteiger partial charge in [-0.05, 0) is 31.2 Å². The Labute approximate surface area is 161 Å². The first kappa shape index (κ1) is 19.9. The Morgan fingerprint density at radius 1 is 1.04 bits per heavy atom. The molecule has 1 aromatic heterocycles. The van der Waals surface area contributed by atoms with E-state index in [1.54, 1.807) is 6.92 Å². The quantitative estimate of drug-likeness (QED) is 0.332. The van der Waals surface area contributed by atoms with E-state index in [0.29, 0.717) is 4.80 Å². The SMILES string of the molecule is C/C(=N\N=c1/sc2ccccc2n1C)c1ccc(OC(F)F)cc1OC(F)F. The number of rotatable bonds is 6. The van der Waals surface area contributed by atoms with E-state index >= 15 is 0 Å². The van der Waals surface area contributed by atoms with Crippen molar-refractivity contribution in [3.8, 4) is 11.5 Å². The summed E-state index contributed by atoms with van der Waals surface area (Å²) in [6.07, 6.45) is 0. The standard InChI is InChI=1S/C18H15F4N3O2S/c1-10(23-24-18-25(2)13-5-3-4-6-15(13)28-18)12-8-7-11(26-16(19)20)9-14(12)27-17(21)22/h3-9,16-17H,1-2H3/b23-10+,24-18-. The number of aromatic nitrogens is 1. The van der Waals surface area contributed by atoms with Crippen molar-refractivity contribution in [3.63, 3.8) is 0 Å². The van der Waals surface area contributed by atoms with E-state index in [4.69, 9.17) is 0 Å². The highest BCUT2D eigenvalue weighted by atomic mass is 32.1. The molecule has 2 aromatic carbocycles. The third-order valence-corrected chi connectivity index (χ3v) is 4.89. The first-order valence-corrected chi connectivity index (χ1v) is 8.83. The molecule has 10 heteroatoms. The molecule has 0 saturated carbocycles. The summed E-state index contributed by atoms with van der Waals surface area (Å²) in [5.74, 6) is -0.625. The zero-order valence-corrected chi connectivity index (χ0v) is 15.6. The second-order valence-electron chi connectivity index (χ2n) is 5.61. The average molecular weight is 413 g/mol. The number of alkyl halides is 4. The molecule has 5 nitrogen and oxygen atoms in total. The van der Waals surface area contributed by atoms with Gasteiger partial charge in [-0.1, -0.05) is 23.5 Å². The lowest BCUT2D eigenvalue weighted by Crippen LogP contribution is -2.10. The molecule has 3 rings (SSSR count). The van der Waals surface area contributed by atoms with Crippen LogP contribution in [0, 0.1) is 0 Å². The first-order chi connectivity index (χ1) is 13.3. The zero-order valence-electron chi connectivity index (χ0n) is 14.8. The molecule has 0 radical (unpaired) electrons. The molecule has 0 N–H and O–H groups in total. The molecule has 3 aromatic rings. The maximum atomic E-state index is 12.7. The van der Waals surface area contributed by atoms with Gasteiger partial charge in [-0.15, -0.1) is 5.10 Å². The molecule has 28 heavy (non-hydrogen) atoms. The summed E-state index contributed by atoms with van der Waals surface area (Å²) in [5.41, 5.74) is 1.44. The van der Waals surface area contributed by atoms with Crippen molar-refractivity contribution in [1.29, 1.82) is 0 Å². The predicted octanol–water partition coefficient (Wildman–Crippen LogP) is 4.77. The van der Waals surface area contributed by atoms with Crippen LogP contribution in [0.2, 0.25) is 0 Å². The van der Waals surface area contributed by atoms with Crippen molar-refractivity contribution in [3.05, 3.63) is 52.8 Å². The number of nitrogens with zero attached hydrogens (tertiary/aromatic N) is 3. The summed E-state index contributed by atoms with van der Waals surface area (Å²) in [7, 11) is 1.84. The van der Waals surface area contributed by atoms with E-state index in [1.807, 2.05) is 35.9 Å². The predicted molar refractivity (Wildman–Crippen MR) is 98.3 cm³/mol. The van der Waals surface area contributed by atoms with Crippen LogP contribution in [0.25, 0.3) is 10.2 Å². The number of hydrogen-bond acceptors (Lipinski definition) is 5. The fraction of sp³-hybridized carbons (Fsp3) is 0.222. The molecule has 0 aliphatic rings. The van der Waals surface area contributed by atoms with E-state index in [9.17, 15) is 17.6 Å². The number of aryl methyl sites for hydroxylation is 1. The molecular formula is C18H15F4N3O2S. The van der Waals surface area contributed by atoms with E-state index < -0.39 is 13.2 Å². The smallest absolute Gasteiger partial charge is 0.387 e. The summed E-state index contributed by atoms with van der Waals surface area (Å²) in [5, 5.41) is 8.28. The van der Waals surface area contributed by atoms with Crippen LogP contribution in [-0.4, -0.2) is 23.5 Å². The van der Waals surface area contributed by atoms with Gasteiger partial charge >= 0.3 is 13.2 Å². The summed E-state index contributed by atoms with van der Waals surface area (Å²) in [6, 6.07) is 11.2. The monoisotopic (exact) mass is 413 g/mol. The number of benzene rings is 2. The number of hydrogen-bond donors (Lipinski definition) is 0. The van der Waals surface area contributed by atoms with Crippen molar-refractivity contribution >= 4 is 27.3 Å². The van der Waals surface area contributed by atoms with Crippen LogP contribution < -0.4 is 14.3 Å². The highest BCUT2D eigenvalue weighted by Gasteiger charge is 2.15. The Hall–Kier alpha value is -2.88. The van der Waals surface area contributed by atoms with Gasteiger partial charge in [0.25, 0.3) is 0 Å². The van der Waals surface area contributed by atoms with E-state index in [1.165, 1.54) is 23.5 Å². The summed E-state index contributed by atoms with van der Waals surface area (Å²) in [6.45, 7) is -4.66. The van der Waals surface area contributed by atoms with Crippen LogP contribution in [0.4, 0.5) is 17.6 Å². The molecule has 0 saturated heterocycles. The first-order valence-electron chi connectivity index (χ1n) is 8.02. The van der Waals surface area contributed by atoms with Gasteiger partial charge in [-0.3, -0.25) is 0 Å². The number of para-hydroxylation sites is 1. The van der Waals surface area contributed by atoms with Crippen LogP contribution in [0.15, 0.2) is 52.7 Å². The molecular weight excluding hydrogens is 398 g/mol. The number of thiazole rings is 1. The molecule has 0 atom stereocenters. The lowest BCUT2D eigenvalue weighted by Gasteiger charge is -2.12. The van der Waals surface area contributed by atoms with E-state index in [0.717, 1.165) is 16.3 Å². The van der Waals surface area contributed by atoms with Crippen LogP contribution in [0.3, 0.4) is 0 Å². The Bertz CT molecular complexity index is 1080. The van der Waals surface area contributed by atoms with Gasteiger partial charge in [0.1, 0.15) is 11.5 Å². The highest BCUT2D eigenvalue weighted by molar-refractivity contribution is 7.16. The lowest BCUT2D eigenvalue weighted by molar-refractivity contribution is -0.0543. The third-order valence-electron chi connectivity index (χ3n) is 3.78. The van der Waals surface area contributed by atoms with Crippen molar-refractivity contribution in [1.82, 2.24) is 4.57 Å². The summed E-state index contributed by atoms with van der Waals surface area (Å²) in [4.78, 5) is 0.606. The average Bonchev–Trinajstić information content (AvgIpc) is 2.95. The van der Waals surface area contributed by atoms with Gasteiger partial charge < -0.3 is 14.0 Å². The Morgan fingerprint density at radius 3 is 2.43 bits per heavy atom. The minimum absolute atomic E-state index is 0.189. The Kier molecular flexibility index (Phi) is 5.98. The normalized spacial score (nSPS) is 13.0. The fourth-order valence-electron chi connectivity index (χ4n) is 2.52. The van der Waals surface area contributed by atoms with Crippen LogP contribution >= 0.6 is 11.3 Å². The minimum atomic E-state index is -3.13. The molecule has 1 heterocycles. The van der Waals surface area contributed by atoms with E-state index in [-0.39, 0.29) is 22.8 Å². The molecule has 0 bridgehead atoms. The van der Waals surface area contributed by atoms with Crippen LogP contribution in [-0.2, 0) is 7.05 Å². The largest absolute Gasteiger partial charge is 0.435 e. The molecule has 0 aliphatic heterocycles. The van der Waals surface area contributed by atoms with Crippen molar-refractivity contribution in [2.75, 3.05) is 0 Å². The molecule has 0 unspecified atom stereocenters. The lowest BCUT2D eigenvalue weighted by atomic mass is 10.1. The number of fused-ring (bicyclic) bond motifs is 1. The summed E-state index contributed by atoms with van der Waals surface area (Å²) >= 11 is 1.42. The highest BCUT2D eigenvalue weighted by Crippen LogP contribution is 2.28. The molecule has 0 fully saturated rings. The van der Waals surface area contributed by atoms with Crippen molar-refractivity contribution in [2.24, 2.45) is 17.3 Å². The van der Waals surface area contributed by atoms with Crippen LogP contribution in [0.1, 0.15) is 12.5 Å². The van der Waals surface area contributed by atoms with Gasteiger partial charge in [0.15, 0.2) is 0 Å². The molecule has 0 amide bonds. The minimum Gasteiger partial charge on any atom is -0.435 e. The van der Waals surface area contributed by atoms with Crippen molar-refractivity contribution < 1.29 is 27.0 Å². The molecule has 148 valence electrons. The second-order valence-corrected chi connectivity index (χ2v) is 6.62.